The van der Waals surface area contributed by atoms with Crippen LogP contribution in [0.4, 0.5) is 0 Å². The first-order chi connectivity index (χ1) is 13.2. The number of fused-ring (bicyclic) bond motifs is 5. The van der Waals surface area contributed by atoms with Gasteiger partial charge in [-0.05, 0) is 35.8 Å². The third kappa shape index (κ3) is 2.71. The fourth-order valence-corrected chi connectivity index (χ4v) is 5.60. The van der Waals surface area contributed by atoms with Gasteiger partial charge >= 0.3 is 0 Å². The van der Waals surface area contributed by atoms with Crippen molar-refractivity contribution in [2.45, 2.75) is 32.0 Å². The second-order valence-electron chi connectivity index (χ2n) is 8.10. The number of carbonyl (C=O) groups excluding carboxylic acids is 2. The number of imide groups is 1. The van der Waals surface area contributed by atoms with Crippen LogP contribution in [0.25, 0.3) is 0 Å². The van der Waals surface area contributed by atoms with Gasteiger partial charge in [0.25, 0.3) is 0 Å². The van der Waals surface area contributed by atoms with E-state index >= 15 is 0 Å². The van der Waals surface area contributed by atoms with Crippen LogP contribution in [0.1, 0.15) is 24.0 Å². The van der Waals surface area contributed by atoms with E-state index in [4.69, 9.17) is 0 Å². The predicted octanol–water partition coefficient (Wildman–Crippen LogP) is 2.99. The van der Waals surface area contributed by atoms with Gasteiger partial charge in [-0.1, -0.05) is 60.7 Å². The highest BCUT2D eigenvalue weighted by Gasteiger charge is 2.64. The summed E-state index contributed by atoms with van der Waals surface area (Å²) in [4.78, 5) is 27.7. The summed E-state index contributed by atoms with van der Waals surface area (Å²) in [5, 5.41) is 3.67. The normalized spacial score (nSPS) is 31.6. The van der Waals surface area contributed by atoms with Crippen LogP contribution in [0.2, 0.25) is 0 Å². The Balaban J connectivity index is 1.32. The van der Waals surface area contributed by atoms with Crippen molar-refractivity contribution >= 4 is 11.8 Å². The first-order valence-corrected chi connectivity index (χ1v) is 9.90. The van der Waals surface area contributed by atoms with Gasteiger partial charge in [-0.3, -0.25) is 14.5 Å². The van der Waals surface area contributed by atoms with E-state index < -0.39 is 0 Å². The fraction of sp³-hybridized carbons (Fsp3) is 0.391. The van der Waals surface area contributed by atoms with E-state index in [-0.39, 0.29) is 29.7 Å². The highest BCUT2D eigenvalue weighted by Crippen LogP contribution is 2.56. The van der Waals surface area contributed by atoms with Crippen molar-refractivity contribution in [3.8, 4) is 0 Å². The molecule has 1 N–H and O–H groups in total. The smallest absolute Gasteiger partial charge is 0.233 e. The van der Waals surface area contributed by atoms with Gasteiger partial charge in [0.05, 0.1) is 18.4 Å². The molecule has 5 rings (SSSR count). The topological polar surface area (TPSA) is 49.4 Å². The minimum atomic E-state index is -0.117. The molecular formula is C23H24N2O2. The molecule has 0 aromatic heterocycles. The highest BCUT2D eigenvalue weighted by molar-refractivity contribution is 6.06. The molecule has 2 aromatic carbocycles. The van der Waals surface area contributed by atoms with Crippen molar-refractivity contribution in [3.05, 3.63) is 71.8 Å². The third-order valence-electron chi connectivity index (χ3n) is 6.74. The zero-order chi connectivity index (χ0) is 18.4. The fourth-order valence-electron chi connectivity index (χ4n) is 5.60. The molecular weight excluding hydrogens is 336 g/mol. The molecule has 3 aliphatic rings. The monoisotopic (exact) mass is 360 g/mol. The highest BCUT2D eigenvalue weighted by atomic mass is 16.2. The lowest BCUT2D eigenvalue weighted by molar-refractivity contribution is -0.141. The van der Waals surface area contributed by atoms with Gasteiger partial charge in [0, 0.05) is 12.6 Å². The van der Waals surface area contributed by atoms with E-state index in [0.29, 0.717) is 18.4 Å². The molecule has 2 aromatic rings. The number of hydrogen-bond acceptors (Lipinski definition) is 3. The Kier molecular flexibility index (Phi) is 4.09. The number of rotatable bonds is 5. The molecule has 1 aliphatic heterocycles. The largest absolute Gasteiger partial charge is 0.309 e. The zero-order valence-corrected chi connectivity index (χ0v) is 15.3. The van der Waals surface area contributed by atoms with E-state index in [1.165, 1.54) is 10.5 Å². The minimum Gasteiger partial charge on any atom is -0.309 e. The van der Waals surface area contributed by atoms with Crippen molar-refractivity contribution in [1.29, 1.82) is 0 Å². The average molecular weight is 360 g/mol. The lowest BCUT2D eigenvalue weighted by atomic mass is 9.81. The maximum Gasteiger partial charge on any atom is 0.233 e. The van der Waals surface area contributed by atoms with E-state index in [9.17, 15) is 9.59 Å². The van der Waals surface area contributed by atoms with Crippen molar-refractivity contribution < 1.29 is 9.59 Å². The molecule has 2 amide bonds. The summed E-state index contributed by atoms with van der Waals surface area (Å²) in [5.74, 6) is 0.448. The molecule has 0 spiro atoms. The van der Waals surface area contributed by atoms with Gasteiger partial charge in [0.2, 0.25) is 11.8 Å². The van der Waals surface area contributed by atoms with E-state index in [0.717, 1.165) is 24.9 Å². The predicted molar refractivity (Wildman–Crippen MR) is 102 cm³/mol. The van der Waals surface area contributed by atoms with Gasteiger partial charge < -0.3 is 5.32 Å². The first kappa shape index (κ1) is 16.7. The molecule has 1 heterocycles. The Bertz CT molecular complexity index is 821. The van der Waals surface area contributed by atoms with Gasteiger partial charge in [-0.15, -0.1) is 0 Å². The molecule has 0 radical (unpaired) electrons. The van der Waals surface area contributed by atoms with Crippen LogP contribution in [0.15, 0.2) is 60.7 Å². The molecule has 4 heteroatoms. The maximum absolute atomic E-state index is 13.1. The number of nitrogens with zero attached hydrogens (tertiary/aromatic N) is 1. The van der Waals surface area contributed by atoms with E-state index in [1.54, 1.807) is 0 Å². The summed E-state index contributed by atoms with van der Waals surface area (Å²) in [7, 11) is 0. The Morgan fingerprint density at radius 1 is 0.778 bits per heavy atom. The lowest BCUT2D eigenvalue weighted by Gasteiger charge is -2.23. The molecule has 1 unspecified atom stereocenters. The quantitative estimate of drug-likeness (QED) is 0.834. The van der Waals surface area contributed by atoms with Crippen LogP contribution in [-0.2, 0) is 22.7 Å². The van der Waals surface area contributed by atoms with Crippen molar-refractivity contribution in [2.75, 3.05) is 0 Å². The summed E-state index contributed by atoms with van der Waals surface area (Å²) in [5.41, 5.74) is 2.27. The molecule has 27 heavy (non-hydrogen) atoms. The van der Waals surface area contributed by atoms with Gasteiger partial charge in [-0.25, -0.2) is 0 Å². The number of amides is 2. The SMILES string of the molecule is O=C1[C@@H]2[C@H](C(=O)N1Cc1ccccc1)[C@H]1CC[C@H]2C1NCc1ccccc1. The Morgan fingerprint density at radius 2 is 1.30 bits per heavy atom. The van der Waals surface area contributed by atoms with Crippen LogP contribution in [0.5, 0.6) is 0 Å². The van der Waals surface area contributed by atoms with Crippen LogP contribution in [0.3, 0.4) is 0 Å². The molecule has 5 atom stereocenters. The number of carbonyl (C=O) groups is 2. The molecule has 4 nitrogen and oxygen atoms in total. The second kappa shape index (κ2) is 6.61. The van der Waals surface area contributed by atoms with Crippen molar-refractivity contribution in [1.82, 2.24) is 10.2 Å². The van der Waals surface area contributed by atoms with Crippen LogP contribution >= 0.6 is 0 Å². The maximum atomic E-state index is 13.1. The van der Waals surface area contributed by atoms with Gasteiger partial charge in [0.15, 0.2) is 0 Å². The van der Waals surface area contributed by atoms with Gasteiger partial charge in [0.1, 0.15) is 0 Å². The van der Waals surface area contributed by atoms with Crippen LogP contribution < -0.4 is 5.32 Å². The standard InChI is InChI=1S/C23H24N2O2/c26-22-19-17-11-12-18(21(17)24-13-15-7-3-1-4-8-15)20(19)23(27)25(22)14-16-9-5-2-6-10-16/h1-10,17-21,24H,11-14H2/t17-,18-,19-,20+,21?/m1/s1. The van der Waals surface area contributed by atoms with E-state index in [1.807, 2.05) is 48.5 Å². The Morgan fingerprint density at radius 3 is 1.85 bits per heavy atom. The summed E-state index contributed by atoms with van der Waals surface area (Å²) in [6, 6.07) is 20.4. The summed E-state index contributed by atoms with van der Waals surface area (Å²) < 4.78 is 0. The summed E-state index contributed by atoms with van der Waals surface area (Å²) >= 11 is 0. The first-order valence-electron chi connectivity index (χ1n) is 9.90. The molecule has 1 saturated heterocycles. The number of likely N-dealkylation sites (tertiary alicyclic amines) is 1. The molecule has 3 fully saturated rings. The molecule has 2 bridgehead atoms. The van der Waals surface area contributed by atoms with Crippen LogP contribution in [0, 0.1) is 23.7 Å². The average Bonchev–Trinajstić information content (AvgIpc) is 3.33. The van der Waals surface area contributed by atoms with Gasteiger partial charge in [-0.2, -0.15) is 0 Å². The number of hydrogen-bond donors (Lipinski definition) is 1. The number of nitrogens with one attached hydrogen (secondary N) is 1. The molecule has 138 valence electrons. The second-order valence-corrected chi connectivity index (χ2v) is 8.10. The minimum absolute atomic E-state index is 0.0487. The van der Waals surface area contributed by atoms with Crippen molar-refractivity contribution in [3.63, 3.8) is 0 Å². The molecule has 2 saturated carbocycles. The third-order valence-corrected chi connectivity index (χ3v) is 6.74. The summed E-state index contributed by atoms with van der Waals surface area (Å²) in [6.45, 7) is 1.21. The van der Waals surface area contributed by atoms with Crippen LogP contribution in [-0.4, -0.2) is 22.8 Å². The zero-order valence-electron chi connectivity index (χ0n) is 15.3. The summed E-state index contributed by atoms with van der Waals surface area (Å²) in [6.07, 6.45) is 2.10. The van der Waals surface area contributed by atoms with Crippen molar-refractivity contribution in [2.24, 2.45) is 23.7 Å². The molecule has 2 aliphatic carbocycles. The number of benzene rings is 2. The lowest BCUT2D eigenvalue weighted by Crippen LogP contribution is -2.39. The Hall–Kier alpha value is -2.46. The van der Waals surface area contributed by atoms with E-state index in [2.05, 4.69) is 17.4 Å². The Labute approximate surface area is 159 Å².